The van der Waals surface area contributed by atoms with Gasteiger partial charge in [0.15, 0.2) is 11.5 Å². The minimum absolute atomic E-state index is 0.0343. The van der Waals surface area contributed by atoms with Gasteiger partial charge in [-0.05, 0) is 23.8 Å². The smallest absolute Gasteiger partial charge is 0.288 e. The number of benzene rings is 2. The summed E-state index contributed by atoms with van der Waals surface area (Å²) in [5.41, 5.74) is 1.26. The lowest BCUT2D eigenvalue weighted by atomic mass is 10.2. The standard InChI is InChI=1S/C17H15ClN4O4/c1-25-15-4-3-10(5-16(15)26-2)8-19-17-11-6-14(22(23)24)12(18)7-13(11)20-9-21-17/h3-7,9H,8H2,1-2H3,(H,19,20,21). The molecule has 0 aliphatic carbocycles. The third-order valence-corrected chi connectivity index (χ3v) is 4.11. The van der Waals surface area contributed by atoms with Gasteiger partial charge in [-0.25, -0.2) is 9.97 Å². The Morgan fingerprint density at radius 1 is 1.15 bits per heavy atom. The lowest BCUT2D eigenvalue weighted by Crippen LogP contribution is -2.03. The Bertz CT molecular complexity index is 980. The maximum atomic E-state index is 11.1. The normalized spacial score (nSPS) is 10.6. The molecule has 3 rings (SSSR count). The van der Waals surface area contributed by atoms with Crippen molar-refractivity contribution in [3.05, 3.63) is 57.4 Å². The van der Waals surface area contributed by atoms with E-state index in [0.29, 0.717) is 34.8 Å². The first-order valence-corrected chi connectivity index (χ1v) is 7.94. The van der Waals surface area contributed by atoms with E-state index in [0.717, 1.165) is 5.56 Å². The van der Waals surface area contributed by atoms with E-state index in [2.05, 4.69) is 15.3 Å². The number of ether oxygens (including phenoxy) is 2. The van der Waals surface area contributed by atoms with E-state index < -0.39 is 4.92 Å². The van der Waals surface area contributed by atoms with E-state index >= 15 is 0 Å². The van der Waals surface area contributed by atoms with Gasteiger partial charge in [0.2, 0.25) is 0 Å². The highest BCUT2D eigenvalue weighted by Gasteiger charge is 2.16. The minimum atomic E-state index is -0.535. The van der Waals surface area contributed by atoms with Crippen molar-refractivity contribution in [1.29, 1.82) is 0 Å². The molecule has 0 fully saturated rings. The molecule has 1 N–H and O–H groups in total. The number of anilines is 1. The number of hydrogen-bond donors (Lipinski definition) is 1. The summed E-state index contributed by atoms with van der Waals surface area (Å²) >= 11 is 5.94. The van der Waals surface area contributed by atoms with Crippen molar-refractivity contribution in [3.63, 3.8) is 0 Å². The number of fused-ring (bicyclic) bond motifs is 1. The number of hydrogen-bond acceptors (Lipinski definition) is 7. The predicted octanol–water partition coefficient (Wildman–Crippen LogP) is 3.82. The van der Waals surface area contributed by atoms with Crippen LogP contribution in [0.4, 0.5) is 11.5 Å². The number of nitrogens with zero attached hydrogens (tertiary/aromatic N) is 3. The zero-order chi connectivity index (χ0) is 18.7. The summed E-state index contributed by atoms with van der Waals surface area (Å²) < 4.78 is 10.5. The molecule has 134 valence electrons. The van der Waals surface area contributed by atoms with E-state index in [1.54, 1.807) is 20.3 Å². The molecule has 1 heterocycles. The largest absolute Gasteiger partial charge is 0.493 e. The van der Waals surface area contributed by atoms with Gasteiger partial charge in [0.1, 0.15) is 17.2 Å². The maximum Gasteiger partial charge on any atom is 0.288 e. The highest BCUT2D eigenvalue weighted by atomic mass is 35.5. The molecule has 1 aromatic heterocycles. The zero-order valence-electron chi connectivity index (χ0n) is 14.0. The second-order valence-corrected chi connectivity index (χ2v) is 5.75. The van der Waals surface area contributed by atoms with Crippen LogP contribution in [-0.4, -0.2) is 29.1 Å². The van der Waals surface area contributed by atoms with Crippen LogP contribution in [-0.2, 0) is 6.54 Å². The Morgan fingerprint density at radius 2 is 1.92 bits per heavy atom. The number of nitrogens with one attached hydrogen (secondary N) is 1. The molecule has 0 radical (unpaired) electrons. The van der Waals surface area contributed by atoms with Gasteiger partial charge in [-0.3, -0.25) is 10.1 Å². The highest BCUT2D eigenvalue weighted by molar-refractivity contribution is 6.33. The lowest BCUT2D eigenvalue weighted by Gasteiger charge is -2.11. The van der Waals surface area contributed by atoms with Gasteiger partial charge < -0.3 is 14.8 Å². The van der Waals surface area contributed by atoms with Crippen molar-refractivity contribution >= 4 is 34.0 Å². The van der Waals surface area contributed by atoms with E-state index in [-0.39, 0.29) is 10.7 Å². The topological polar surface area (TPSA) is 99.4 Å². The zero-order valence-corrected chi connectivity index (χ0v) is 14.8. The summed E-state index contributed by atoms with van der Waals surface area (Å²) in [6.07, 6.45) is 1.38. The second-order valence-electron chi connectivity index (χ2n) is 5.34. The molecule has 3 aromatic rings. The van der Waals surface area contributed by atoms with Crippen molar-refractivity contribution in [2.75, 3.05) is 19.5 Å². The molecule has 8 nitrogen and oxygen atoms in total. The monoisotopic (exact) mass is 374 g/mol. The number of rotatable bonds is 6. The molecule has 0 aliphatic heterocycles. The fourth-order valence-corrected chi connectivity index (χ4v) is 2.75. The maximum absolute atomic E-state index is 11.1. The Labute approximate surface area is 153 Å². The first kappa shape index (κ1) is 17.7. The van der Waals surface area contributed by atoms with Crippen LogP contribution in [0.3, 0.4) is 0 Å². The molecule has 0 atom stereocenters. The average Bonchev–Trinajstić information content (AvgIpc) is 2.65. The summed E-state index contributed by atoms with van der Waals surface area (Å²) in [4.78, 5) is 18.9. The summed E-state index contributed by atoms with van der Waals surface area (Å²) in [6, 6.07) is 8.36. The van der Waals surface area contributed by atoms with Crippen LogP contribution in [0.15, 0.2) is 36.7 Å². The molecule has 26 heavy (non-hydrogen) atoms. The summed E-state index contributed by atoms with van der Waals surface area (Å²) in [7, 11) is 3.14. The number of nitro groups is 1. The molecule has 0 unspecified atom stereocenters. The molecule has 2 aromatic carbocycles. The molecule has 0 aliphatic rings. The molecular weight excluding hydrogens is 360 g/mol. The fourth-order valence-electron chi connectivity index (χ4n) is 2.52. The molecule has 0 saturated heterocycles. The van der Waals surface area contributed by atoms with E-state index in [9.17, 15) is 10.1 Å². The molecule has 0 amide bonds. The number of nitro benzene ring substituents is 1. The van der Waals surface area contributed by atoms with Gasteiger partial charge in [0.05, 0.1) is 24.7 Å². The predicted molar refractivity (Wildman–Crippen MR) is 98.1 cm³/mol. The van der Waals surface area contributed by atoms with Crippen LogP contribution in [0.2, 0.25) is 5.02 Å². The summed E-state index contributed by atoms with van der Waals surface area (Å²) in [5, 5.41) is 14.8. The Hall–Kier alpha value is -3.13. The third kappa shape index (κ3) is 3.45. The number of halogens is 1. The van der Waals surface area contributed by atoms with Crippen LogP contribution in [0, 0.1) is 10.1 Å². The van der Waals surface area contributed by atoms with E-state index in [4.69, 9.17) is 21.1 Å². The number of aromatic nitrogens is 2. The van der Waals surface area contributed by atoms with Gasteiger partial charge in [0.25, 0.3) is 5.69 Å². The highest BCUT2D eigenvalue weighted by Crippen LogP contribution is 2.32. The van der Waals surface area contributed by atoms with Crippen molar-refractivity contribution < 1.29 is 14.4 Å². The first-order valence-electron chi connectivity index (χ1n) is 7.57. The average molecular weight is 375 g/mol. The van der Waals surface area contributed by atoms with Crippen LogP contribution in [0.1, 0.15) is 5.56 Å². The molecule has 0 saturated carbocycles. The van der Waals surface area contributed by atoms with Gasteiger partial charge in [-0.2, -0.15) is 0 Å². The van der Waals surface area contributed by atoms with E-state index in [1.165, 1.54) is 18.5 Å². The van der Waals surface area contributed by atoms with Gasteiger partial charge >= 0.3 is 0 Å². The van der Waals surface area contributed by atoms with Crippen LogP contribution in [0.5, 0.6) is 11.5 Å². The Balaban J connectivity index is 1.91. The molecule has 0 bridgehead atoms. The molecular formula is C17H15ClN4O4. The quantitative estimate of drug-likeness (QED) is 0.517. The summed E-state index contributed by atoms with van der Waals surface area (Å²) in [6.45, 7) is 0.433. The fraction of sp³-hybridized carbons (Fsp3) is 0.176. The van der Waals surface area contributed by atoms with Crippen LogP contribution < -0.4 is 14.8 Å². The number of methoxy groups -OCH3 is 2. The van der Waals surface area contributed by atoms with Crippen molar-refractivity contribution in [2.45, 2.75) is 6.54 Å². The molecule has 0 spiro atoms. The van der Waals surface area contributed by atoms with Crippen LogP contribution in [0.25, 0.3) is 10.9 Å². The van der Waals surface area contributed by atoms with E-state index in [1.807, 2.05) is 12.1 Å². The lowest BCUT2D eigenvalue weighted by molar-refractivity contribution is -0.384. The van der Waals surface area contributed by atoms with Crippen LogP contribution >= 0.6 is 11.6 Å². The van der Waals surface area contributed by atoms with Gasteiger partial charge in [-0.1, -0.05) is 17.7 Å². The Kier molecular flexibility index (Phi) is 5.04. The minimum Gasteiger partial charge on any atom is -0.493 e. The third-order valence-electron chi connectivity index (χ3n) is 3.81. The van der Waals surface area contributed by atoms with Crippen molar-refractivity contribution in [2.24, 2.45) is 0 Å². The Morgan fingerprint density at radius 3 is 2.62 bits per heavy atom. The second kappa shape index (κ2) is 7.40. The van der Waals surface area contributed by atoms with Crippen molar-refractivity contribution in [1.82, 2.24) is 9.97 Å². The van der Waals surface area contributed by atoms with Gasteiger partial charge in [0, 0.05) is 18.0 Å². The summed E-state index contributed by atoms with van der Waals surface area (Å²) in [5.74, 6) is 1.72. The van der Waals surface area contributed by atoms with Gasteiger partial charge in [-0.15, -0.1) is 0 Å². The van der Waals surface area contributed by atoms with Crippen molar-refractivity contribution in [3.8, 4) is 11.5 Å². The SMILES string of the molecule is COc1ccc(CNc2ncnc3cc(Cl)c([N+](=O)[O-])cc23)cc1OC. The first-order chi connectivity index (χ1) is 12.5. The molecule has 9 heteroatoms.